The lowest BCUT2D eigenvalue weighted by molar-refractivity contribution is -0.126. The number of piperidine rings is 2. The van der Waals surface area contributed by atoms with Gasteiger partial charge in [0.25, 0.3) is 0 Å². The van der Waals surface area contributed by atoms with Gasteiger partial charge in [0.15, 0.2) is 0 Å². The van der Waals surface area contributed by atoms with E-state index in [1.807, 2.05) is 0 Å². The van der Waals surface area contributed by atoms with Crippen molar-refractivity contribution in [2.45, 2.75) is 95.2 Å². The number of nitrogens with zero attached hydrogens (tertiary/aromatic N) is 2. The van der Waals surface area contributed by atoms with Crippen molar-refractivity contribution in [3.63, 3.8) is 0 Å². The lowest BCUT2D eigenvalue weighted by Crippen LogP contribution is -2.60. The second kappa shape index (κ2) is 15.5. The Kier molecular flexibility index (Phi) is 11.9. The van der Waals surface area contributed by atoms with Crippen molar-refractivity contribution in [2.75, 3.05) is 65.6 Å². The summed E-state index contributed by atoms with van der Waals surface area (Å²) in [5.74, 6) is 1.67. The monoisotopic (exact) mass is 563 g/mol. The number of nitrogens with one attached hydrogen (secondary N) is 7. The van der Waals surface area contributed by atoms with Gasteiger partial charge in [-0.3, -0.25) is 19.9 Å². The molecule has 4 heterocycles. The Morgan fingerprint density at radius 1 is 0.975 bits per heavy atom. The van der Waals surface area contributed by atoms with E-state index < -0.39 is 0 Å². The number of carbonyl (C=O) groups is 1. The maximum atomic E-state index is 13.2. The number of aliphatic hydroxyl groups is 1. The highest BCUT2D eigenvalue weighted by molar-refractivity contribution is 5.78. The number of carbonyl (C=O) groups excluding carboxylic acids is 1. The van der Waals surface area contributed by atoms with Crippen LogP contribution in [0.4, 0.5) is 0 Å². The minimum absolute atomic E-state index is 0.121. The third-order valence-electron chi connectivity index (χ3n) is 10.3. The van der Waals surface area contributed by atoms with Crippen LogP contribution in [0.3, 0.4) is 0 Å². The number of amides is 1. The SMILES string of the molecule is CCC1CNCCC1CNC(=O)C1CCCC(NCC2NNC(C3CCNCN3)N2CCN2CCCC(O)C2)C1. The zero-order chi connectivity index (χ0) is 27.7. The molecule has 8 atom stereocenters. The van der Waals surface area contributed by atoms with Gasteiger partial charge < -0.3 is 26.4 Å². The van der Waals surface area contributed by atoms with Crippen LogP contribution in [0.1, 0.15) is 64.7 Å². The fourth-order valence-electron chi connectivity index (χ4n) is 7.74. The zero-order valence-corrected chi connectivity index (χ0v) is 24.8. The number of rotatable bonds is 11. The molecule has 0 spiro atoms. The van der Waals surface area contributed by atoms with Crippen LogP contribution in [0.25, 0.3) is 0 Å². The van der Waals surface area contributed by atoms with Crippen LogP contribution >= 0.6 is 0 Å². The van der Waals surface area contributed by atoms with Crippen LogP contribution in [-0.2, 0) is 4.79 Å². The molecule has 0 bridgehead atoms. The largest absolute Gasteiger partial charge is 0.392 e. The molecule has 40 heavy (non-hydrogen) atoms. The molecule has 5 aliphatic rings. The predicted molar refractivity (Wildman–Crippen MR) is 158 cm³/mol. The molecule has 11 nitrogen and oxygen atoms in total. The lowest BCUT2D eigenvalue weighted by Gasteiger charge is -2.38. The highest BCUT2D eigenvalue weighted by Crippen LogP contribution is 2.26. The van der Waals surface area contributed by atoms with Gasteiger partial charge in [-0.2, -0.15) is 0 Å². The Hall–Kier alpha value is -0.890. The number of hydrogen-bond acceptors (Lipinski definition) is 10. The molecule has 0 aromatic rings. The first-order valence-electron chi connectivity index (χ1n) is 16.4. The Bertz CT molecular complexity index is 770. The molecule has 0 aromatic heterocycles. The first kappa shape index (κ1) is 30.6. The minimum atomic E-state index is -0.188. The van der Waals surface area contributed by atoms with Crippen molar-refractivity contribution in [2.24, 2.45) is 17.8 Å². The van der Waals surface area contributed by atoms with E-state index in [4.69, 9.17) is 0 Å². The molecule has 1 saturated carbocycles. The molecule has 5 fully saturated rings. The molecule has 230 valence electrons. The van der Waals surface area contributed by atoms with Crippen molar-refractivity contribution in [1.82, 2.24) is 47.2 Å². The Morgan fingerprint density at radius 2 is 1.88 bits per heavy atom. The first-order valence-corrected chi connectivity index (χ1v) is 16.4. The molecule has 4 saturated heterocycles. The second-order valence-corrected chi connectivity index (χ2v) is 13.0. The molecular formula is C29H57N9O2. The van der Waals surface area contributed by atoms with E-state index >= 15 is 0 Å². The van der Waals surface area contributed by atoms with Crippen molar-refractivity contribution in [3.8, 4) is 0 Å². The van der Waals surface area contributed by atoms with Crippen molar-refractivity contribution < 1.29 is 9.90 Å². The fraction of sp³-hybridized carbons (Fsp3) is 0.966. The topological polar surface area (TPSA) is 128 Å². The van der Waals surface area contributed by atoms with Crippen LogP contribution in [0.15, 0.2) is 0 Å². The van der Waals surface area contributed by atoms with Crippen LogP contribution < -0.4 is 37.4 Å². The molecular weight excluding hydrogens is 506 g/mol. The molecule has 8 N–H and O–H groups in total. The Labute approximate surface area is 241 Å². The van der Waals surface area contributed by atoms with E-state index in [2.05, 4.69) is 54.2 Å². The van der Waals surface area contributed by atoms with Crippen molar-refractivity contribution in [1.29, 1.82) is 0 Å². The average molecular weight is 564 g/mol. The zero-order valence-electron chi connectivity index (χ0n) is 24.8. The highest BCUT2D eigenvalue weighted by Gasteiger charge is 2.39. The van der Waals surface area contributed by atoms with E-state index in [-0.39, 0.29) is 30.3 Å². The molecule has 5 rings (SSSR count). The Morgan fingerprint density at radius 3 is 2.70 bits per heavy atom. The number of hydrogen-bond donors (Lipinski definition) is 8. The number of β-amino-alcohol motifs (C(OH)–C–C–N with tert-alkyl or cyclic N) is 1. The summed E-state index contributed by atoms with van der Waals surface area (Å²) in [6, 6.07) is 0.768. The van der Waals surface area contributed by atoms with Crippen LogP contribution in [0.2, 0.25) is 0 Å². The van der Waals surface area contributed by atoms with E-state index in [1.54, 1.807) is 0 Å². The van der Waals surface area contributed by atoms with Crippen molar-refractivity contribution in [3.05, 3.63) is 0 Å². The van der Waals surface area contributed by atoms with Crippen LogP contribution in [0.5, 0.6) is 0 Å². The summed E-state index contributed by atoms with van der Waals surface area (Å²) in [4.78, 5) is 18.1. The van der Waals surface area contributed by atoms with Gasteiger partial charge in [0.2, 0.25) is 5.91 Å². The standard InChI is InChI=1S/C29H57N9O2/c1-2-21-16-30-10-8-23(21)17-33-29(40)22-5-3-6-24(15-22)32-18-27-35-36-28(26-9-11-31-20-34-26)38(27)14-13-37-12-4-7-25(39)19-37/h21-28,30-32,34-36,39H,2-20H2,1H3,(H,33,40). The van der Waals surface area contributed by atoms with Gasteiger partial charge >= 0.3 is 0 Å². The summed E-state index contributed by atoms with van der Waals surface area (Å²) < 4.78 is 0. The normalized spacial score (nSPS) is 38.4. The molecule has 0 radical (unpaired) electrons. The van der Waals surface area contributed by atoms with Crippen LogP contribution in [-0.4, -0.2) is 117 Å². The second-order valence-electron chi connectivity index (χ2n) is 13.0. The maximum Gasteiger partial charge on any atom is 0.223 e. The predicted octanol–water partition coefficient (Wildman–Crippen LogP) is -0.686. The van der Waals surface area contributed by atoms with Crippen LogP contribution in [0, 0.1) is 17.8 Å². The van der Waals surface area contributed by atoms with Crippen molar-refractivity contribution >= 4 is 5.91 Å². The quantitative estimate of drug-likeness (QED) is 0.164. The minimum Gasteiger partial charge on any atom is -0.392 e. The summed E-state index contributed by atoms with van der Waals surface area (Å²) in [5, 5.41) is 27.9. The third-order valence-corrected chi connectivity index (χ3v) is 10.3. The molecule has 1 amide bonds. The summed E-state index contributed by atoms with van der Waals surface area (Å²) in [6.45, 7) is 11.8. The molecule has 1 aliphatic carbocycles. The van der Waals surface area contributed by atoms with E-state index in [0.717, 1.165) is 111 Å². The summed E-state index contributed by atoms with van der Waals surface area (Å²) in [5.41, 5.74) is 7.19. The molecule has 0 aromatic carbocycles. The molecule has 4 aliphatic heterocycles. The van der Waals surface area contributed by atoms with Gasteiger partial charge in [-0.25, -0.2) is 10.9 Å². The van der Waals surface area contributed by atoms with Gasteiger partial charge in [-0.15, -0.1) is 0 Å². The summed E-state index contributed by atoms with van der Waals surface area (Å²) >= 11 is 0. The van der Waals surface area contributed by atoms with E-state index in [1.165, 1.54) is 12.8 Å². The van der Waals surface area contributed by atoms with Gasteiger partial charge in [0, 0.05) is 57.4 Å². The summed E-state index contributed by atoms with van der Waals surface area (Å²) in [6.07, 6.45) is 9.87. The summed E-state index contributed by atoms with van der Waals surface area (Å²) in [7, 11) is 0. The average Bonchev–Trinajstić information content (AvgIpc) is 3.41. The highest BCUT2D eigenvalue weighted by atomic mass is 16.3. The Balaban J connectivity index is 1.10. The molecule has 8 unspecified atom stereocenters. The van der Waals surface area contributed by atoms with Gasteiger partial charge in [0.1, 0.15) is 0 Å². The van der Waals surface area contributed by atoms with Gasteiger partial charge in [-0.1, -0.05) is 19.8 Å². The third kappa shape index (κ3) is 8.35. The number of aliphatic hydroxyl groups excluding tert-OH is 1. The number of likely N-dealkylation sites (tertiary alicyclic amines) is 1. The van der Waals surface area contributed by atoms with E-state index in [0.29, 0.717) is 23.9 Å². The first-order chi connectivity index (χ1) is 19.6. The van der Waals surface area contributed by atoms with E-state index in [9.17, 15) is 9.90 Å². The smallest absolute Gasteiger partial charge is 0.223 e. The maximum absolute atomic E-state index is 13.2. The molecule has 11 heteroatoms. The number of hydrazine groups is 1. The lowest BCUT2D eigenvalue weighted by atomic mass is 9.83. The van der Waals surface area contributed by atoms with Gasteiger partial charge in [0.05, 0.1) is 18.4 Å². The van der Waals surface area contributed by atoms with Gasteiger partial charge in [-0.05, 0) is 83.0 Å². The fourth-order valence-corrected chi connectivity index (χ4v) is 7.74.